The van der Waals surface area contributed by atoms with Crippen LogP contribution in [0.5, 0.6) is 0 Å². The maximum atomic E-state index is 8.85. The third-order valence-corrected chi connectivity index (χ3v) is 2.24. The summed E-state index contributed by atoms with van der Waals surface area (Å²) in [4.78, 5) is 4.22. The molecule has 0 aromatic carbocycles. The molecular formula is C10H13N3O. The normalized spacial score (nSPS) is 11.0. The van der Waals surface area contributed by atoms with E-state index in [1.165, 1.54) is 0 Å². The van der Waals surface area contributed by atoms with Crippen LogP contribution in [-0.2, 0) is 13.0 Å². The van der Waals surface area contributed by atoms with Gasteiger partial charge in [0.1, 0.15) is 5.82 Å². The summed E-state index contributed by atoms with van der Waals surface area (Å²) in [6.07, 6.45) is 4.33. The third kappa shape index (κ3) is 1.49. The fourth-order valence-corrected chi connectivity index (χ4v) is 1.49. The van der Waals surface area contributed by atoms with Crippen molar-refractivity contribution in [1.29, 1.82) is 0 Å². The Labute approximate surface area is 82.0 Å². The second-order valence-corrected chi connectivity index (χ2v) is 3.18. The van der Waals surface area contributed by atoms with E-state index in [2.05, 4.69) is 4.98 Å². The van der Waals surface area contributed by atoms with E-state index in [9.17, 15) is 0 Å². The van der Waals surface area contributed by atoms with Gasteiger partial charge >= 0.3 is 0 Å². The monoisotopic (exact) mass is 191 g/mol. The van der Waals surface area contributed by atoms with Crippen molar-refractivity contribution in [2.24, 2.45) is 5.73 Å². The van der Waals surface area contributed by atoms with Gasteiger partial charge in [0.2, 0.25) is 0 Å². The van der Waals surface area contributed by atoms with Crippen molar-refractivity contribution in [1.82, 2.24) is 9.38 Å². The van der Waals surface area contributed by atoms with Gasteiger partial charge in [-0.1, -0.05) is 6.07 Å². The zero-order chi connectivity index (χ0) is 9.97. The van der Waals surface area contributed by atoms with E-state index in [4.69, 9.17) is 10.8 Å². The molecule has 3 N–H and O–H groups in total. The lowest BCUT2D eigenvalue weighted by atomic mass is 10.2. The zero-order valence-corrected chi connectivity index (χ0v) is 7.85. The lowest BCUT2D eigenvalue weighted by Crippen LogP contribution is -2.02. The fraction of sp³-hybridized carbons (Fsp3) is 0.300. The number of imidazole rings is 1. The number of pyridine rings is 1. The number of aromatic nitrogens is 2. The Hall–Kier alpha value is -1.39. The zero-order valence-electron chi connectivity index (χ0n) is 7.85. The van der Waals surface area contributed by atoms with Crippen LogP contribution in [0.3, 0.4) is 0 Å². The van der Waals surface area contributed by atoms with E-state index in [1.807, 2.05) is 22.7 Å². The second-order valence-electron chi connectivity index (χ2n) is 3.18. The molecule has 0 radical (unpaired) electrons. The Kier molecular flexibility index (Phi) is 2.47. The van der Waals surface area contributed by atoms with Gasteiger partial charge < -0.3 is 15.2 Å². The summed E-state index contributed by atoms with van der Waals surface area (Å²) < 4.78 is 1.97. The standard InChI is InChI=1S/C10H13N3O/c11-5-8-1-2-9-6-12-10(3-4-14)13(9)7-8/h1-2,6-7,14H,3-5,11H2. The van der Waals surface area contributed by atoms with E-state index in [1.54, 1.807) is 6.20 Å². The fourth-order valence-electron chi connectivity index (χ4n) is 1.49. The number of nitrogens with zero attached hydrogens (tertiary/aromatic N) is 2. The van der Waals surface area contributed by atoms with Crippen LogP contribution in [0, 0.1) is 0 Å². The van der Waals surface area contributed by atoms with Crippen LogP contribution in [0.4, 0.5) is 0 Å². The molecule has 0 aliphatic rings. The summed E-state index contributed by atoms with van der Waals surface area (Å²) in [6.45, 7) is 0.638. The van der Waals surface area contributed by atoms with E-state index in [0.29, 0.717) is 13.0 Å². The molecule has 74 valence electrons. The molecule has 0 atom stereocenters. The van der Waals surface area contributed by atoms with Crippen LogP contribution < -0.4 is 5.73 Å². The molecule has 4 heteroatoms. The Bertz CT molecular complexity index is 436. The Morgan fingerprint density at radius 3 is 3.00 bits per heavy atom. The lowest BCUT2D eigenvalue weighted by molar-refractivity contribution is 0.296. The Balaban J connectivity index is 2.52. The maximum absolute atomic E-state index is 8.85. The van der Waals surface area contributed by atoms with Crippen molar-refractivity contribution in [3.05, 3.63) is 35.9 Å². The van der Waals surface area contributed by atoms with Crippen LogP contribution in [0.1, 0.15) is 11.4 Å². The molecule has 0 aliphatic carbocycles. The number of rotatable bonds is 3. The van der Waals surface area contributed by atoms with Crippen molar-refractivity contribution in [2.75, 3.05) is 6.61 Å². The minimum Gasteiger partial charge on any atom is -0.396 e. The first-order valence-corrected chi connectivity index (χ1v) is 4.61. The molecule has 0 spiro atoms. The van der Waals surface area contributed by atoms with Gasteiger partial charge in [-0.25, -0.2) is 4.98 Å². The van der Waals surface area contributed by atoms with Gasteiger partial charge in [0.25, 0.3) is 0 Å². The van der Waals surface area contributed by atoms with Gasteiger partial charge in [-0.2, -0.15) is 0 Å². The Morgan fingerprint density at radius 1 is 1.43 bits per heavy atom. The van der Waals surface area contributed by atoms with Gasteiger partial charge in [0.15, 0.2) is 0 Å². The van der Waals surface area contributed by atoms with Crippen molar-refractivity contribution in [3.63, 3.8) is 0 Å². The maximum Gasteiger partial charge on any atom is 0.115 e. The summed E-state index contributed by atoms with van der Waals surface area (Å²) in [5, 5.41) is 8.85. The molecule has 0 amide bonds. The van der Waals surface area contributed by atoms with E-state index < -0.39 is 0 Å². The molecule has 14 heavy (non-hydrogen) atoms. The first-order valence-electron chi connectivity index (χ1n) is 4.61. The first kappa shape index (κ1) is 9.18. The highest BCUT2D eigenvalue weighted by molar-refractivity contribution is 5.47. The summed E-state index contributed by atoms with van der Waals surface area (Å²) >= 11 is 0. The van der Waals surface area contributed by atoms with Crippen molar-refractivity contribution < 1.29 is 5.11 Å². The quantitative estimate of drug-likeness (QED) is 0.734. The molecule has 0 fully saturated rings. The molecule has 2 aromatic rings. The third-order valence-electron chi connectivity index (χ3n) is 2.24. The molecular weight excluding hydrogens is 178 g/mol. The van der Waals surface area contributed by atoms with Crippen molar-refractivity contribution >= 4 is 5.52 Å². The minimum absolute atomic E-state index is 0.117. The largest absolute Gasteiger partial charge is 0.396 e. The number of hydrogen-bond donors (Lipinski definition) is 2. The smallest absolute Gasteiger partial charge is 0.115 e. The second kappa shape index (κ2) is 3.77. The van der Waals surface area contributed by atoms with Gasteiger partial charge in [0, 0.05) is 19.2 Å². The highest BCUT2D eigenvalue weighted by Gasteiger charge is 2.02. The van der Waals surface area contributed by atoms with Crippen LogP contribution >= 0.6 is 0 Å². The summed E-state index contributed by atoms with van der Waals surface area (Å²) in [7, 11) is 0. The average molecular weight is 191 g/mol. The topological polar surface area (TPSA) is 63.5 Å². The minimum atomic E-state index is 0.117. The number of aliphatic hydroxyl groups is 1. The highest BCUT2D eigenvalue weighted by Crippen LogP contribution is 2.09. The first-order chi connectivity index (χ1) is 6.85. The predicted octanol–water partition coefficient (Wildman–Crippen LogP) is 0.328. The molecule has 4 nitrogen and oxygen atoms in total. The predicted molar refractivity (Wildman–Crippen MR) is 53.9 cm³/mol. The number of aliphatic hydroxyl groups excluding tert-OH is 1. The van der Waals surface area contributed by atoms with Crippen LogP contribution in [0.2, 0.25) is 0 Å². The van der Waals surface area contributed by atoms with Gasteiger partial charge in [-0.15, -0.1) is 0 Å². The van der Waals surface area contributed by atoms with E-state index >= 15 is 0 Å². The molecule has 0 saturated heterocycles. The average Bonchev–Trinajstić information content (AvgIpc) is 2.61. The number of nitrogens with two attached hydrogens (primary N) is 1. The molecule has 2 rings (SSSR count). The summed E-state index contributed by atoms with van der Waals surface area (Å²) in [5.74, 6) is 0.873. The molecule has 0 unspecified atom stereocenters. The molecule has 0 bridgehead atoms. The van der Waals surface area contributed by atoms with Gasteiger partial charge in [-0.3, -0.25) is 0 Å². The molecule has 2 aromatic heterocycles. The van der Waals surface area contributed by atoms with E-state index in [-0.39, 0.29) is 6.61 Å². The molecule has 2 heterocycles. The van der Waals surface area contributed by atoms with Gasteiger partial charge in [-0.05, 0) is 11.6 Å². The molecule has 0 aliphatic heterocycles. The SMILES string of the molecule is NCc1ccc2cnc(CCO)n2c1. The van der Waals surface area contributed by atoms with Crippen molar-refractivity contribution in [2.45, 2.75) is 13.0 Å². The van der Waals surface area contributed by atoms with Crippen molar-refractivity contribution in [3.8, 4) is 0 Å². The lowest BCUT2D eigenvalue weighted by Gasteiger charge is -2.01. The van der Waals surface area contributed by atoms with E-state index in [0.717, 1.165) is 16.9 Å². The van der Waals surface area contributed by atoms with Crippen LogP contribution in [0.15, 0.2) is 24.5 Å². The Morgan fingerprint density at radius 2 is 2.29 bits per heavy atom. The number of fused-ring (bicyclic) bond motifs is 1. The van der Waals surface area contributed by atoms with Crippen LogP contribution in [0.25, 0.3) is 5.52 Å². The summed E-state index contributed by atoms with van der Waals surface area (Å²) in [6, 6.07) is 3.97. The van der Waals surface area contributed by atoms with Crippen LogP contribution in [-0.4, -0.2) is 21.1 Å². The molecule has 0 saturated carbocycles. The highest BCUT2D eigenvalue weighted by atomic mass is 16.3. The number of hydrogen-bond acceptors (Lipinski definition) is 3. The van der Waals surface area contributed by atoms with Gasteiger partial charge in [0.05, 0.1) is 18.3 Å². The summed E-state index contributed by atoms with van der Waals surface area (Å²) in [5.41, 5.74) is 7.65.